The molecule has 0 bridgehead atoms. The number of aliphatic hydroxyl groups is 22. The van der Waals surface area contributed by atoms with Crippen LogP contribution in [0.15, 0.2) is 0 Å². The van der Waals surface area contributed by atoms with E-state index in [9.17, 15) is 169 Å². The van der Waals surface area contributed by atoms with Gasteiger partial charge in [-0.25, -0.2) is 13.8 Å². The molecule has 30 N–H and O–H groups in total. The third-order valence-electron chi connectivity index (χ3n) is 20.8. The maximum atomic E-state index is 13.3. The second-order valence-electron chi connectivity index (χ2n) is 29.5. The molecule has 56 heteroatoms. The molecule has 8 rings (SSSR count). The predicted octanol–water partition coefficient (Wildman–Crippen LogP) is -19.5. The van der Waals surface area contributed by atoms with Crippen molar-refractivity contribution >= 4 is 51.9 Å². The molecule has 8 heterocycles. The average Bonchev–Trinajstić information content (AvgIpc) is 0.754. The number of hydrogen-bond donors (Lipinski definition) is 30. The van der Waals surface area contributed by atoms with Crippen LogP contribution in [0, 0.1) is 0 Å². The fourth-order valence-corrected chi connectivity index (χ4v) is 15.3. The molecule has 0 aromatic rings. The van der Waals surface area contributed by atoms with E-state index in [1.165, 1.54) is 0 Å². The van der Waals surface area contributed by atoms with Crippen LogP contribution < -0.4 is 26.6 Å². The van der Waals surface area contributed by atoms with Crippen molar-refractivity contribution in [3.05, 3.63) is 0 Å². The van der Waals surface area contributed by atoms with Gasteiger partial charge in [0.1, 0.15) is 183 Å². The van der Waals surface area contributed by atoms with E-state index in [1.54, 1.807) is 0 Å². The van der Waals surface area contributed by atoms with E-state index < -0.39 is 374 Å². The molecule has 0 radical (unpaired) electrons. The number of carboxylic acid groups (broad SMARTS) is 2. The molecule has 0 aliphatic carbocycles. The molecule has 8 aliphatic heterocycles. The Kier molecular flexibility index (Phi) is 35.3. The van der Waals surface area contributed by atoms with Crippen LogP contribution in [-0.4, -0.2) is 486 Å². The maximum Gasteiger partial charge on any atom is 0.397 e. The molecule has 0 aromatic heterocycles. The third-order valence-corrected chi connectivity index (χ3v) is 21.2. The summed E-state index contributed by atoms with van der Waals surface area (Å²) >= 11 is 0. The van der Waals surface area contributed by atoms with E-state index in [1.807, 2.05) is 0 Å². The maximum absolute atomic E-state index is 13.3. The summed E-state index contributed by atoms with van der Waals surface area (Å²) in [5.74, 6) is -15.8. The minimum Gasteiger partial charge on any atom is -0.477 e. The van der Waals surface area contributed by atoms with Crippen LogP contribution in [0.4, 0.5) is 0 Å². The summed E-state index contributed by atoms with van der Waals surface area (Å²) < 4.78 is 124. The Hall–Kier alpha value is -5.32. The van der Waals surface area contributed by atoms with Crippen LogP contribution in [0.2, 0.25) is 0 Å². The number of nitrogens with one attached hydrogen (secondary N) is 5. The molecular formula is C64H105N5O50S. The lowest BCUT2D eigenvalue weighted by atomic mass is 9.88. The molecule has 0 unspecified atom stereocenters. The Morgan fingerprint density at radius 2 is 0.700 bits per heavy atom. The van der Waals surface area contributed by atoms with Gasteiger partial charge in [0.25, 0.3) is 11.6 Å². The second kappa shape index (κ2) is 42.3. The van der Waals surface area contributed by atoms with Crippen LogP contribution in [-0.2, 0) is 119 Å². The van der Waals surface area contributed by atoms with Crippen molar-refractivity contribution in [2.24, 2.45) is 0 Å². The minimum absolute atomic E-state index is 0.854. The van der Waals surface area contributed by atoms with Crippen molar-refractivity contribution in [2.45, 2.75) is 304 Å². The lowest BCUT2D eigenvalue weighted by molar-refractivity contribution is -0.389. The largest absolute Gasteiger partial charge is 0.477 e. The van der Waals surface area contributed by atoms with Gasteiger partial charge in [-0.1, -0.05) is 0 Å². The number of carbonyl (C=O) groups is 7. The molecule has 0 aromatic carbocycles. The average molecular weight is 1780 g/mol. The quantitative estimate of drug-likeness (QED) is 0.0262. The lowest BCUT2D eigenvalue weighted by Gasteiger charge is -2.51. The first-order valence-electron chi connectivity index (χ1n) is 37.0. The van der Waals surface area contributed by atoms with Gasteiger partial charge in [-0.3, -0.25) is 28.5 Å². The number of hydrogen-bond acceptors (Lipinski definition) is 47. The van der Waals surface area contributed by atoms with Gasteiger partial charge in [0, 0.05) is 47.5 Å². The summed E-state index contributed by atoms with van der Waals surface area (Å²) in [6, 6.07) is -9.46. The highest BCUT2D eigenvalue weighted by molar-refractivity contribution is 7.80. The highest BCUT2D eigenvalue weighted by Crippen LogP contribution is 2.43. The van der Waals surface area contributed by atoms with E-state index in [0.717, 1.165) is 34.6 Å². The van der Waals surface area contributed by atoms with Crippen molar-refractivity contribution in [1.82, 2.24) is 26.6 Å². The van der Waals surface area contributed by atoms with Gasteiger partial charge in [0.2, 0.25) is 29.5 Å². The number of amides is 5. The summed E-state index contributed by atoms with van der Waals surface area (Å²) in [6.45, 7) is -5.29. The predicted molar refractivity (Wildman–Crippen MR) is 367 cm³/mol. The zero-order chi connectivity index (χ0) is 89.6. The molecule has 0 saturated carbocycles. The van der Waals surface area contributed by atoms with Crippen molar-refractivity contribution in [1.29, 1.82) is 0 Å². The number of aliphatic carboxylic acids is 2. The summed E-state index contributed by atoms with van der Waals surface area (Å²) in [6.07, 6.45) is -81.2. The molecule has 55 nitrogen and oxygen atoms in total. The van der Waals surface area contributed by atoms with Crippen molar-refractivity contribution in [3.63, 3.8) is 0 Å². The first-order chi connectivity index (χ1) is 56.2. The van der Waals surface area contributed by atoms with Gasteiger partial charge in [-0.05, 0) is 0 Å². The molecule has 692 valence electrons. The Labute approximate surface area is 677 Å². The third kappa shape index (κ3) is 22.9. The number of carbonyl (C=O) groups excluding carboxylic acids is 5. The van der Waals surface area contributed by atoms with Gasteiger partial charge >= 0.3 is 22.3 Å². The molecule has 120 heavy (non-hydrogen) atoms. The first-order valence-corrected chi connectivity index (χ1v) is 38.4. The van der Waals surface area contributed by atoms with Crippen LogP contribution in [0.5, 0.6) is 0 Å². The van der Waals surface area contributed by atoms with Crippen LogP contribution in [0.3, 0.4) is 0 Å². The highest BCUT2D eigenvalue weighted by Gasteiger charge is 2.64. The van der Waals surface area contributed by atoms with Crippen molar-refractivity contribution in [2.75, 3.05) is 52.9 Å². The monoisotopic (exact) mass is 1780 g/mol. The summed E-state index contributed by atoms with van der Waals surface area (Å²) in [4.78, 5) is 89.4. The fraction of sp³-hybridized carbons (Fsp3) is 0.891. The van der Waals surface area contributed by atoms with E-state index in [-0.39, 0.29) is 0 Å². The van der Waals surface area contributed by atoms with Crippen LogP contribution in [0.25, 0.3) is 0 Å². The smallest absolute Gasteiger partial charge is 0.397 e. The van der Waals surface area contributed by atoms with E-state index in [2.05, 4.69) is 30.8 Å². The molecule has 8 saturated heterocycles. The Morgan fingerprint density at radius 3 is 1.08 bits per heavy atom. The van der Waals surface area contributed by atoms with Crippen molar-refractivity contribution < 1.29 is 244 Å². The van der Waals surface area contributed by atoms with E-state index in [0.29, 0.717) is 0 Å². The van der Waals surface area contributed by atoms with Crippen LogP contribution >= 0.6 is 0 Å². The zero-order valence-corrected chi connectivity index (χ0v) is 64.8. The zero-order valence-electron chi connectivity index (χ0n) is 64.0. The SMILES string of the molecule is CC(=O)N[C@@H]1[C@@H](O[C@@H]2O[C@H](CO)[C@H](O)[C@H](O[C@@H]3O[C@H](CO)[C@@H](O[C@@H]4O[C@H](COS(=O)(=O)O)[C@H](O)[C@H](O[C@]5(C(=O)O)C[C@H](O)[C@@H](NC(C)=O)[C@H]([C@H](O)[C@H](O)CO)O5)[C@H]4O)[C@H](O)[C@H]3NC(C)=O)[C@H]2O)[C@@H](O)[C@@H](CO[C@@H]2O[C@H](CO)[C@@H](O[C@@H]3O[C@H](CO)[C@H](O)[C@H](O[C@]4(C(=O)O)C[C@H](O)[C@@H](NC(C)=O)[C@H]([C@H](O)[C@H](O)CO)O4)[C@H]3O)[C@H](O)[C@H]2NC(C)=O)O[C@@H]1O. The van der Waals surface area contributed by atoms with Gasteiger partial charge in [0.05, 0.1) is 77.1 Å². The summed E-state index contributed by atoms with van der Waals surface area (Å²) in [7, 11) is -5.48. The number of aliphatic hydroxyl groups excluding tert-OH is 22. The molecule has 8 fully saturated rings. The minimum atomic E-state index is -5.48. The van der Waals surface area contributed by atoms with E-state index >= 15 is 0 Å². The Balaban J connectivity index is 1.01. The number of carboxylic acids is 2. The van der Waals surface area contributed by atoms with E-state index in [4.69, 9.17) is 71.1 Å². The highest BCUT2D eigenvalue weighted by atomic mass is 32.3. The second-order valence-corrected chi connectivity index (χ2v) is 30.6. The van der Waals surface area contributed by atoms with Gasteiger partial charge in [0.15, 0.2) is 37.7 Å². The standard InChI is InChI=1S/C64H105N5O50S/c1-16(76)65-31-21(81)6-63(61(97)98,116-50(31)36(85)23(83)8-70)118-53-39(88)26(11-73)108-59(45(53)94)112-47-27(12-74)109-56(33(42(47)91)67-18(3)78)104-14-29-40(89)49(35(55(96)106-29)69-20(5)80)114-58-44(93)52(38(87)25(10-72)107-58)115-57-34(68-19(4)79)43(92)48(28(13-75)110-57)113-60-46(95)54(41(90)30(111-60)15-105-120(101,102)103)119-64(62(99)100)7-22(82)32(66-17(2)77)51(117-64)37(86)24(84)9-71/h21-60,70-75,81-96H,6-15H2,1-5H3,(H,65,76)(H,66,77)(H,67,78)(H,68,79)(H,69,80)(H,97,98)(H,99,100)(H,101,102,103)/t21-,22-,23+,24+,25+,26+,27+,28+,29+,30+,31+,32+,33+,34+,35+,36+,37+,38-,39-,40-,41-,42+,43+,44+,45+,46+,47+,48+,49+,50+,51+,52-,53-,54-,55-,56+,57-,58-,59-,60-,63-,64-/m0/s1. The van der Waals surface area contributed by atoms with Gasteiger partial charge in [-0.2, -0.15) is 8.42 Å². The summed E-state index contributed by atoms with van der Waals surface area (Å²) in [5, 5.41) is 278. The molecule has 8 aliphatic rings. The number of rotatable bonds is 35. The Bertz CT molecular complexity index is 3520. The number of ether oxygens (including phenoxy) is 15. The van der Waals surface area contributed by atoms with Gasteiger partial charge < -0.3 is 220 Å². The van der Waals surface area contributed by atoms with Crippen molar-refractivity contribution in [3.8, 4) is 0 Å². The Morgan fingerprint density at radius 1 is 0.383 bits per heavy atom. The molecule has 42 atom stereocenters. The molecule has 0 spiro atoms. The topological polar surface area (TPSA) is 867 Å². The van der Waals surface area contributed by atoms with Gasteiger partial charge in [-0.15, -0.1) is 0 Å². The lowest BCUT2D eigenvalue weighted by Crippen LogP contribution is -2.71. The first kappa shape index (κ1) is 100. The molecular weight excluding hydrogens is 1670 g/mol. The normalized spacial score (nSPS) is 43.7. The van der Waals surface area contributed by atoms with Crippen LogP contribution in [0.1, 0.15) is 47.5 Å². The fourth-order valence-electron chi connectivity index (χ4n) is 14.9. The summed E-state index contributed by atoms with van der Waals surface area (Å²) in [5.41, 5.74) is 0. The molecule has 5 amide bonds.